The Morgan fingerprint density at radius 1 is 1.33 bits per heavy atom. The number of nitrogens with two attached hydrogens (primary N) is 1. The van der Waals surface area contributed by atoms with Gasteiger partial charge in [-0.2, -0.15) is 0 Å². The molecule has 0 saturated carbocycles. The van der Waals surface area contributed by atoms with Gasteiger partial charge in [-0.15, -0.1) is 0 Å². The summed E-state index contributed by atoms with van der Waals surface area (Å²) in [7, 11) is 1.82. The molecule has 0 bridgehead atoms. The van der Waals surface area contributed by atoms with Crippen LogP contribution in [0.2, 0.25) is 0 Å². The first kappa shape index (κ1) is 13.5. The molecule has 1 aromatic rings. The molecule has 0 aromatic heterocycles. The molecule has 3 nitrogen and oxygen atoms in total. The molecule has 1 aliphatic heterocycles. The van der Waals surface area contributed by atoms with E-state index >= 15 is 0 Å². The molecule has 18 heavy (non-hydrogen) atoms. The van der Waals surface area contributed by atoms with Crippen molar-refractivity contribution in [1.82, 2.24) is 4.90 Å². The first-order valence-corrected chi connectivity index (χ1v) is 6.78. The van der Waals surface area contributed by atoms with Crippen molar-refractivity contribution in [2.45, 2.75) is 45.0 Å². The summed E-state index contributed by atoms with van der Waals surface area (Å²) in [5.41, 5.74) is 8.42. The fourth-order valence-corrected chi connectivity index (χ4v) is 2.76. The summed E-state index contributed by atoms with van der Waals surface area (Å²) in [5, 5.41) is 0. The maximum atomic E-state index is 5.80. The van der Waals surface area contributed by atoms with E-state index in [-0.39, 0.29) is 0 Å². The molecular formula is C15H24N2O. The van der Waals surface area contributed by atoms with Crippen molar-refractivity contribution in [3.8, 4) is 0 Å². The number of nitrogens with zero attached hydrogens (tertiary/aromatic N) is 1. The largest absolute Gasteiger partial charge is 0.381 e. The SMILES string of the molecule is COC1CCN(Cc2ccccc2CN)C(C)C1. The van der Waals surface area contributed by atoms with Crippen molar-refractivity contribution < 1.29 is 4.74 Å². The Hall–Kier alpha value is -0.900. The second kappa shape index (κ2) is 6.32. The monoisotopic (exact) mass is 248 g/mol. The van der Waals surface area contributed by atoms with Gasteiger partial charge in [-0.25, -0.2) is 0 Å². The molecule has 0 radical (unpaired) electrons. The average Bonchev–Trinajstić information content (AvgIpc) is 2.41. The highest BCUT2D eigenvalue weighted by Crippen LogP contribution is 2.22. The lowest BCUT2D eigenvalue weighted by atomic mass is 9.98. The van der Waals surface area contributed by atoms with Gasteiger partial charge in [0.05, 0.1) is 6.10 Å². The second-order valence-corrected chi connectivity index (χ2v) is 5.17. The van der Waals surface area contributed by atoms with Gasteiger partial charge in [-0.05, 0) is 30.9 Å². The molecule has 1 saturated heterocycles. The predicted molar refractivity (Wildman–Crippen MR) is 74.2 cm³/mol. The molecule has 0 amide bonds. The Morgan fingerprint density at radius 3 is 2.67 bits per heavy atom. The summed E-state index contributed by atoms with van der Waals surface area (Å²) in [6.07, 6.45) is 2.69. The van der Waals surface area contributed by atoms with Crippen LogP contribution in [0.1, 0.15) is 30.9 Å². The Labute approximate surface area is 110 Å². The standard InChI is InChI=1S/C15H24N2O/c1-12-9-15(18-2)7-8-17(12)11-14-6-4-3-5-13(14)10-16/h3-6,12,15H,7-11,16H2,1-2H3. The molecule has 2 rings (SSSR count). The van der Waals surface area contributed by atoms with Gasteiger partial charge in [0.25, 0.3) is 0 Å². The number of rotatable bonds is 4. The Kier molecular flexibility index (Phi) is 4.75. The minimum Gasteiger partial charge on any atom is -0.381 e. The Bertz CT molecular complexity index is 381. The van der Waals surface area contributed by atoms with Gasteiger partial charge < -0.3 is 10.5 Å². The van der Waals surface area contributed by atoms with Crippen molar-refractivity contribution in [1.29, 1.82) is 0 Å². The molecule has 2 atom stereocenters. The van der Waals surface area contributed by atoms with E-state index in [0.29, 0.717) is 18.7 Å². The van der Waals surface area contributed by atoms with E-state index in [1.165, 1.54) is 11.1 Å². The molecule has 1 fully saturated rings. The van der Waals surface area contributed by atoms with Crippen LogP contribution >= 0.6 is 0 Å². The predicted octanol–water partition coefficient (Wildman–Crippen LogP) is 2.14. The van der Waals surface area contributed by atoms with Crippen LogP contribution in [-0.2, 0) is 17.8 Å². The molecule has 0 aliphatic carbocycles. The zero-order valence-electron chi connectivity index (χ0n) is 11.4. The van der Waals surface area contributed by atoms with Crippen molar-refractivity contribution in [3.05, 3.63) is 35.4 Å². The maximum Gasteiger partial charge on any atom is 0.0598 e. The number of methoxy groups -OCH3 is 1. The van der Waals surface area contributed by atoms with Crippen molar-refractivity contribution in [2.75, 3.05) is 13.7 Å². The van der Waals surface area contributed by atoms with E-state index < -0.39 is 0 Å². The molecule has 2 N–H and O–H groups in total. The average molecular weight is 248 g/mol. The smallest absolute Gasteiger partial charge is 0.0598 e. The van der Waals surface area contributed by atoms with Crippen LogP contribution in [0.15, 0.2) is 24.3 Å². The molecule has 2 unspecified atom stereocenters. The summed E-state index contributed by atoms with van der Waals surface area (Å²) in [6.45, 7) is 5.03. The van der Waals surface area contributed by atoms with Crippen LogP contribution in [-0.4, -0.2) is 30.7 Å². The van der Waals surface area contributed by atoms with Gasteiger partial charge in [-0.3, -0.25) is 4.90 Å². The van der Waals surface area contributed by atoms with Crippen molar-refractivity contribution in [3.63, 3.8) is 0 Å². The van der Waals surface area contributed by atoms with Gasteiger partial charge in [0.2, 0.25) is 0 Å². The lowest BCUT2D eigenvalue weighted by molar-refractivity contribution is 0.0129. The highest BCUT2D eigenvalue weighted by Gasteiger charge is 2.25. The highest BCUT2D eigenvalue weighted by atomic mass is 16.5. The molecule has 3 heteroatoms. The minimum absolute atomic E-state index is 0.431. The third kappa shape index (κ3) is 3.10. The number of hydrogen-bond acceptors (Lipinski definition) is 3. The first-order valence-electron chi connectivity index (χ1n) is 6.78. The summed E-state index contributed by atoms with van der Waals surface area (Å²) >= 11 is 0. The molecule has 1 heterocycles. The molecule has 0 spiro atoms. The van der Waals surface area contributed by atoms with Crippen molar-refractivity contribution >= 4 is 0 Å². The van der Waals surface area contributed by atoms with Crippen LogP contribution in [0.25, 0.3) is 0 Å². The summed E-state index contributed by atoms with van der Waals surface area (Å²) < 4.78 is 5.46. The summed E-state index contributed by atoms with van der Waals surface area (Å²) in [6, 6.07) is 9.06. The van der Waals surface area contributed by atoms with Crippen molar-refractivity contribution in [2.24, 2.45) is 5.73 Å². The minimum atomic E-state index is 0.431. The van der Waals surface area contributed by atoms with Gasteiger partial charge in [0.1, 0.15) is 0 Å². The molecule has 100 valence electrons. The fourth-order valence-electron chi connectivity index (χ4n) is 2.76. The zero-order valence-corrected chi connectivity index (χ0v) is 11.4. The normalized spacial score (nSPS) is 25.3. The third-order valence-corrected chi connectivity index (χ3v) is 4.01. The zero-order chi connectivity index (χ0) is 13.0. The van der Waals surface area contributed by atoms with Crippen LogP contribution in [0, 0.1) is 0 Å². The van der Waals surface area contributed by atoms with E-state index in [1.54, 1.807) is 0 Å². The number of ether oxygens (including phenoxy) is 1. The third-order valence-electron chi connectivity index (χ3n) is 4.01. The highest BCUT2D eigenvalue weighted by molar-refractivity contribution is 5.26. The summed E-state index contributed by atoms with van der Waals surface area (Å²) in [4.78, 5) is 2.53. The van der Waals surface area contributed by atoms with Gasteiger partial charge in [0.15, 0.2) is 0 Å². The quantitative estimate of drug-likeness (QED) is 0.887. The van der Waals surface area contributed by atoms with E-state index in [4.69, 9.17) is 10.5 Å². The molecule has 1 aliphatic rings. The second-order valence-electron chi connectivity index (χ2n) is 5.17. The molecular weight excluding hydrogens is 224 g/mol. The van der Waals surface area contributed by atoms with Crippen LogP contribution < -0.4 is 5.73 Å². The van der Waals surface area contributed by atoms with Gasteiger partial charge >= 0.3 is 0 Å². The lowest BCUT2D eigenvalue weighted by Gasteiger charge is -2.37. The first-order chi connectivity index (χ1) is 8.74. The molecule has 1 aromatic carbocycles. The van der Waals surface area contributed by atoms with Crippen LogP contribution in [0.4, 0.5) is 0 Å². The number of likely N-dealkylation sites (tertiary alicyclic amines) is 1. The maximum absolute atomic E-state index is 5.80. The van der Waals surface area contributed by atoms with E-state index in [0.717, 1.165) is 25.9 Å². The number of benzene rings is 1. The van der Waals surface area contributed by atoms with Crippen LogP contribution in [0.3, 0.4) is 0 Å². The van der Waals surface area contributed by atoms with E-state index in [1.807, 2.05) is 7.11 Å². The van der Waals surface area contributed by atoms with Crippen LogP contribution in [0.5, 0.6) is 0 Å². The number of piperidine rings is 1. The Morgan fingerprint density at radius 2 is 2.06 bits per heavy atom. The van der Waals surface area contributed by atoms with E-state index in [2.05, 4.69) is 36.1 Å². The Balaban J connectivity index is 2.01. The van der Waals surface area contributed by atoms with Gasteiger partial charge in [0, 0.05) is 32.8 Å². The number of hydrogen-bond donors (Lipinski definition) is 1. The topological polar surface area (TPSA) is 38.5 Å². The van der Waals surface area contributed by atoms with Gasteiger partial charge in [-0.1, -0.05) is 24.3 Å². The fraction of sp³-hybridized carbons (Fsp3) is 0.600. The van der Waals surface area contributed by atoms with E-state index in [9.17, 15) is 0 Å². The lowest BCUT2D eigenvalue weighted by Crippen LogP contribution is -2.42. The summed E-state index contributed by atoms with van der Waals surface area (Å²) in [5.74, 6) is 0.